The van der Waals surface area contributed by atoms with Gasteiger partial charge >= 0.3 is 0 Å². The number of rotatable bonds is 3. The normalized spacial score (nSPS) is 14.2. The highest BCUT2D eigenvalue weighted by molar-refractivity contribution is 9.10. The summed E-state index contributed by atoms with van der Waals surface area (Å²) in [6.07, 6.45) is 3.66. The molecule has 0 heterocycles. The van der Waals surface area contributed by atoms with Gasteiger partial charge in [0.2, 0.25) is 0 Å². The molecule has 0 atom stereocenters. The molecule has 0 radical (unpaired) electrons. The molecule has 3 rings (SSSR count). The third kappa shape index (κ3) is 3.09. The molecule has 2 aromatic rings. The minimum atomic E-state index is 0.116. The zero-order chi connectivity index (χ0) is 14.8. The van der Waals surface area contributed by atoms with Crippen LogP contribution in [-0.2, 0) is 12.8 Å². The molecule has 5 heteroatoms. The van der Waals surface area contributed by atoms with Crippen LogP contribution in [0.5, 0.6) is 0 Å². The number of oxime groups is 1. The summed E-state index contributed by atoms with van der Waals surface area (Å²) in [6, 6.07) is 12.4. The second kappa shape index (κ2) is 6.12. The average molecular weight is 363 g/mol. The first-order chi connectivity index (χ1) is 10.2. The Hall–Kier alpha value is -1.46. The Bertz CT molecular complexity index is 715. The van der Waals surface area contributed by atoms with Crippen molar-refractivity contribution in [1.82, 2.24) is 0 Å². The summed E-state index contributed by atoms with van der Waals surface area (Å²) in [7, 11) is 0. The van der Waals surface area contributed by atoms with Crippen LogP contribution < -0.4 is 5.73 Å². The van der Waals surface area contributed by atoms with Crippen molar-refractivity contribution < 1.29 is 5.21 Å². The third-order valence-electron chi connectivity index (χ3n) is 3.63. The van der Waals surface area contributed by atoms with E-state index in [9.17, 15) is 0 Å². The van der Waals surface area contributed by atoms with E-state index in [2.05, 4.69) is 39.3 Å². The SMILES string of the molecule is N/C(=N/O)c1ccc(Sc2ccc3c(c2)CCC3)c(Br)c1. The fourth-order valence-corrected chi connectivity index (χ4v) is 4.04. The number of hydrogen-bond donors (Lipinski definition) is 2. The quantitative estimate of drug-likeness (QED) is 0.372. The van der Waals surface area contributed by atoms with Gasteiger partial charge in [-0.05, 0) is 76.7 Å². The Balaban J connectivity index is 1.85. The maximum absolute atomic E-state index is 8.72. The number of halogens is 1. The van der Waals surface area contributed by atoms with E-state index in [-0.39, 0.29) is 5.84 Å². The van der Waals surface area contributed by atoms with Crippen LogP contribution in [0.1, 0.15) is 23.1 Å². The molecule has 0 saturated carbocycles. The van der Waals surface area contributed by atoms with Gasteiger partial charge in [-0.25, -0.2) is 0 Å². The van der Waals surface area contributed by atoms with E-state index < -0.39 is 0 Å². The third-order valence-corrected chi connectivity index (χ3v) is 5.62. The van der Waals surface area contributed by atoms with Gasteiger partial charge in [-0.3, -0.25) is 0 Å². The molecular formula is C16H15BrN2OS. The summed E-state index contributed by atoms with van der Waals surface area (Å²) in [4.78, 5) is 2.36. The minimum Gasteiger partial charge on any atom is -0.409 e. The smallest absolute Gasteiger partial charge is 0.170 e. The summed E-state index contributed by atoms with van der Waals surface area (Å²) >= 11 is 5.27. The van der Waals surface area contributed by atoms with Crippen LogP contribution in [0.4, 0.5) is 0 Å². The van der Waals surface area contributed by atoms with Crippen molar-refractivity contribution in [3.8, 4) is 0 Å². The maximum atomic E-state index is 8.72. The van der Waals surface area contributed by atoms with Crippen molar-refractivity contribution in [3.05, 3.63) is 57.6 Å². The molecule has 1 aliphatic rings. The van der Waals surface area contributed by atoms with Gasteiger partial charge in [0.25, 0.3) is 0 Å². The molecule has 0 aromatic heterocycles. The predicted molar refractivity (Wildman–Crippen MR) is 89.2 cm³/mol. The summed E-state index contributed by atoms with van der Waals surface area (Å²) < 4.78 is 0.942. The molecule has 1 aliphatic carbocycles. The molecule has 3 N–H and O–H groups in total. The van der Waals surface area contributed by atoms with E-state index in [1.54, 1.807) is 11.8 Å². The zero-order valence-electron chi connectivity index (χ0n) is 11.3. The van der Waals surface area contributed by atoms with Gasteiger partial charge in [-0.2, -0.15) is 0 Å². The molecule has 3 nitrogen and oxygen atoms in total. The standard InChI is InChI=1S/C16H15BrN2OS/c17-14-9-12(16(18)19-20)5-7-15(14)21-13-6-4-10-2-1-3-11(10)8-13/h4-9,20H,1-3H2,(H2,18,19). The molecule has 108 valence electrons. The molecule has 0 saturated heterocycles. The number of fused-ring (bicyclic) bond motifs is 1. The van der Waals surface area contributed by atoms with E-state index in [1.165, 1.54) is 35.3 Å². The second-order valence-electron chi connectivity index (χ2n) is 5.02. The molecular weight excluding hydrogens is 348 g/mol. The lowest BCUT2D eigenvalue weighted by atomic mass is 10.1. The largest absolute Gasteiger partial charge is 0.409 e. The van der Waals surface area contributed by atoms with E-state index >= 15 is 0 Å². The van der Waals surface area contributed by atoms with Gasteiger partial charge in [0.05, 0.1) is 0 Å². The second-order valence-corrected chi connectivity index (χ2v) is 6.99. The summed E-state index contributed by atoms with van der Waals surface area (Å²) in [5, 5.41) is 11.7. The number of hydrogen-bond acceptors (Lipinski definition) is 3. The summed E-state index contributed by atoms with van der Waals surface area (Å²) in [5.74, 6) is 0.116. The van der Waals surface area contributed by atoms with Gasteiger partial charge in [-0.1, -0.05) is 23.0 Å². The lowest BCUT2D eigenvalue weighted by Crippen LogP contribution is -2.12. The maximum Gasteiger partial charge on any atom is 0.170 e. The van der Waals surface area contributed by atoms with E-state index in [1.807, 2.05) is 18.2 Å². The number of nitrogens with zero attached hydrogens (tertiary/aromatic N) is 1. The Labute approximate surface area is 136 Å². The Morgan fingerprint density at radius 1 is 1.14 bits per heavy atom. The van der Waals surface area contributed by atoms with Crippen LogP contribution in [0.25, 0.3) is 0 Å². The van der Waals surface area contributed by atoms with Gasteiger partial charge < -0.3 is 10.9 Å². The van der Waals surface area contributed by atoms with Crippen LogP contribution in [0.15, 0.2) is 55.8 Å². The lowest BCUT2D eigenvalue weighted by molar-refractivity contribution is 0.318. The van der Waals surface area contributed by atoms with Gasteiger partial charge in [0, 0.05) is 19.8 Å². The molecule has 0 aliphatic heterocycles. The molecule has 0 amide bonds. The van der Waals surface area contributed by atoms with Crippen LogP contribution in [0.2, 0.25) is 0 Å². The molecule has 0 spiro atoms. The van der Waals surface area contributed by atoms with Gasteiger partial charge in [0.1, 0.15) is 0 Å². The summed E-state index contributed by atoms with van der Waals surface area (Å²) in [6.45, 7) is 0. The first kappa shape index (κ1) is 14.5. The van der Waals surface area contributed by atoms with Crippen LogP contribution >= 0.6 is 27.7 Å². The fraction of sp³-hybridized carbons (Fsp3) is 0.188. The van der Waals surface area contributed by atoms with Gasteiger partial charge in [0.15, 0.2) is 5.84 Å². The number of aryl methyl sites for hydroxylation is 2. The molecule has 0 unspecified atom stereocenters. The van der Waals surface area contributed by atoms with E-state index in [4.69, 9.17) is 10.9 Å². The highest BCUT2D eigenvalue weighted by Gasteiger charge is 2.12. The lowest BCUT2D eigenvalue weighted by Gasteiger charge is -2.08. The molecule has 0 bridgehead atoms. The summed E-state index contributed by atoms with van der Waals surface area (Å²) in [5.41, 5.74) is 9.26. The van der Waals surface area contributed by atoms with Crippen molar-refractivity contribution in [3.63, 3.8) is 0 Å². The predicted octanol–water partition coefficient (Wildman–Crippen LogP) is 4.18. The number of benzene rings is 2. The number of amidine groups is 1. The van der Waals surface area contributed by atoms with E-state index in [0.717, 1.165) is 9.37 Å². The van der Waals surface area contributed by atoms with Crippen molar-refractivity contribution in [2.75, 3.05) is 0 Å². The van der Waals surface area contributed by atoms with Crippen molar-refractivity contribution in [1.29, 1.82) is 0 Å². The number of nitrogens with two attached hydrogens (primary N) is 1. The molecule has 0 fully saturated rings. The minimum absolute atomic E-state index is 0.116. The highest BCUT2D eigenvalue weighted by Crippen LogP contribution is 2.36. The van der Waals surface area contributed by atoms with Crippen molar-refractivity contribution >= 4 is 33.5 Å². The molecule has 21 heavy (non-hydrogen) atoms. The topological polar surface area (TPSA) is 58.6 Å². The van der Waals surface area contributed by atoms with Crippen LogP contribution in [0.3, 0.4) is 0 Å². The highest BCUT2D eigenvalue weighted by atomic mass is 79.9. The fourth-order valence-electron chi connectivity index (χ4n) is 2.54. The Morgan fingerprint density at radius 2 is 1.95 bits per heavy atom. The van der Waals surface area contributed by atoms with Crippen molar-refractivity contribution in [2.24, 2.45) is 10.9 Å². The first-order valence-electron chi connectivity index (χ1n) is 6.74. The monoisotopic (exact) mass is 362 g/mol. The van der Waals surface area contributed by atoms with Crippen LogP contribution in [0, 0.1) is 0 Å². The van der Waals surface area contributed by atoms with Crippen LogP contribution in [-0.4, -0.2) is 11.0 Å². The first-order valence-corrected chi connectivity index (χ1v) is 8.35. The molecule has 2 aromatic carbocycles. The van der Waals surface area contributed by atoms with Crippen molar-refractivity contribution in [2.45, 2.75) is 29.1 Å². The Kier molecular flexibility index (Phi) is 4.22. The van der Waals surface area contributed by atoms with E-state index in [0.29, 0.717) is 5.56 Å². The zero-order valence-corrected chi connectivity index (χ0v) is 13.7. The average Bonchev–Trinajstić information content (AvgIpc) is 2.96. The Morgan fingerprint density at radius 3 is 2.71 bits per heavy atom. The van der Waals surface area contributed by atoms with Gasteiger partial charge in [-0.15, -0.1) is 0 Å².